The number of hydrogen-bond acceptors (Lipinski definition) is 2. The molecule has 0 bridgehead atoms. The molecule has 1 aromatic carbocycles. The van der Waals surface area contributed by atoms with Crippen LogP contribution in [-0.2, 0) is 0 Å². The largest absolute Gasteiger partial charge is 0.388 e. The molecular weight excluding hydrogens is 198 g/mol. The molecule has 2 nitrogen and oxygen atoms in total. The lowest BCUT2D eigenvalue weighted by Crippen LogP contribution is -2.25. The number of rotatable bonds is 3. The first-order chi connectivity index (χ1) is 7.83. The summed E-state index contributed by atoms with van der Waals surface area (Å²) in [4.78, 5) is 2.43. The average molecular weight is 219 g/mol. The minimum absolute atomic E-state index is 0.275. The lowest BCUT2D eigenvalue weighted by atomic mass is 10.0. The molecule has 1 aliphatic heterocycles. The molecule has 1 aromatic rings. The van der Waals surface area contributed by atoms with Gasteiger partial charge in [-0.25, -0.2) is 0 Å². The van der Waals surface area contributed by atoms with Crippen LogP contribution in [0.15, 0.2) is 24.3 Å². The highest BCUT2D eigenvalue weighted by molar-refractivity contribution is 5.55. The Morgan fingerprint density at radius 3 is 3.00 bits per heavy atom. The minimum atomic E-state index is -0.275. The Hall–Kier alpha value is -1.02. The van der Waals surface area contributed by atoms with E-state index in [9.17, 15) is 5.11 Å². The molecule has 1 unspecified atom stereocenters. The van der Waals surface area contributed by atoms with Crippen LogP contribution in [0, 0.1) is 0 Å². The van der Waals surface area contributed by atoms with E-state index in [4.69, 9.17) is 0 Å². The van der Waals surface area contributed by atoms with Crippen LogP contribution in [0.25, 0.3) is 0 Å². The molecule has 0 aromatic heterocycles. The Bertz CT molecular complexity index is 337. The van der Waals surface area contributed by atoms with Crippen LogP contribution in [-0.4, -0.2) is 18.2 Å². The van der Waals surface area contributed by atoms with Crippen molar-refractivity contribution in [3.63, 3.8) is 0 Å². The van der Waals surface area contributed by atoms with Crippen LogP contribution in [0.5, 0.6) is 0 Å². The monoisotopic (exact) mass is 219 g/mol. The second-order valence-corrected chi connectivity index (χ2v) is 4.56. The first kappa shape index (κ1) is 11.5. The van der Waals surface area contributed by atoms with Gasteiger partial charge in [0.25, 0.3) is 0 Å². The van der Waals surface area contributed by atoms with E-state index in [0.29, 0.717) is 0 Å². The summed E-state index contributed by atoms with van der Waals surface area (Å²) in [5.41, 5.74) is 2.34. The predicted molar refractivity (Wildman–Crippen MR) is 67.8 cm³/mol. The molecule has 0 saturated carbocycles. The van der Waals surface area contributed by atoms with Crippen molar-refractivity contribution >= 4 is 5.69 Å². The van der Waals surface area contributed by atoms with Crippen molar-refractivity contribution in [2.24, 2.45) is 0 Å². The first-order valence-corrected chi connectivity index (χ1v) is 6.35. The van der Waals surface area contributed by atoms with Crippen LogP contribution in [0.2, 0.25) is 0 Å². The van der Waals surface area contributed by atoms with Crippen LogP contribution >= 0.6 is 0 Å². The highest BCUT2D eigenvalue weighted by Crippen LogP contribution is 2.32. The van der Waals surface area contributed by atoms with Crippen molar-refractivity contribution in [1.82, 2.24) is 0 Å². The fourth-order valence-electron chi connectivity index (χ4n) is 2.39. The number of hydrogen-bond donors (Lipinski definition) is 1. The molecule has 1 heterocycles. The zero-order valence-corrected chi connectivity index (χ0v) is 10.0. The Balaban J connectivity index is 2.24. The van der Waals surface area contributed by atoms with Crippen LogP contribution < -0.4 is 4.90 Å². The minimum Gasteiger partial charge on any atom is -0.388 e. The number of para-hydroxylation sites is 1. The molecule has 0 radical (unpaired) electrons. The summed E-state index contributed by atoms with van der Waals surface area (Å²) < 4.78 is 0. The van der Waals surface area contributed by atoms with Gasteiger partial charge in [0.1, 0.15) is 0 Å². The number of benzene rings is 1. The zero-order valence-electron chi connectivity index (χ0n) is 10.0. The second kappa shape index (κ2) is 5.35. The van der Waals surface area contributed by atoms with Gasteiger partial charge in [-0.15, -0.1) is 0 Å². The molecule has 0 aliphatic carbocycles. The quantitative estimate of drug-likeness (QED) is 0.844. The van der Waals surface area contributed by atoms with Gasteiger partial charge >= 0.3 is 0 Å². The van der Waals surface area contributed by atoms with E-state index in [-0.39, 0.29) is 6.10 Å². The first-order valence-electron chi connectivity index (χ1n) is 6.35. The van der Waals surface area contributed by atoms with Gasteiger partial charge in [0.2, 0.25) is 0 Å². The van der Waals surface area contributed by atoms with Crippen LogP contribution in [0.3, 0.4) is 0 Å². The molecule has 0 spiro atoms. The maximum Gasteiger partial charge on any atom is 0.0810 e. The third kappa shape index (κ3) is 2.38. The highest BCUT2D eigenvalue weighted by Gasteiger charge is 2.20. The third-order valence-corrected chi connectivity index (χ3v) is 3.32. The smallest absolute Gasteiger partial charge is 0.0810 e. The van der Waals surface area contributed by atoms with E-state index in [2.05, 4.69) is 30.0 Å². The van der Waals surface area contributed by atoms with Gasteiger partial charge in [0, 0.05) is 24.3 Å². The maximum absolute atomic E-state index is 10.1. The number of fused-ring (bicyclic) bond motifs is 1. The predicted octanol–water partition coefficient (Wildman–Crippen LogP) is 3.12. The fraction of sp³-hybridized carbons (Fsp3) is 0.571. The lowest BCUT2D eigenvalue weighted by Gasteiger charge is -2.25. The molecule has 0 amide bonds. The number of anilines is 1. The summed E-state index contributed by atoms with van der Waals surface area (Å²) in [6, 6.07) is 8.28. The van der Waals surface area contributed by atoms with E-state index in [1.54, 1.807) is 0 Å². The van der Waals surface area contributed by atoms with Crippen molar-refractivity contribution in [1.29, 1.82) is 0 Å². The fourth-order valence-corrected chi connectivity index (χ4v) is 2.39. The van der Waals surface area contributed by atoms with Gasteiger partial charge in [-0.3, -0.25) is 0 Å². The highest BCUT2D eigenvalue weighted by atomic mass is 16.3. The molecule has 1 atom stereocenters. The Morgan fingerprint density at radius 2 is 2.19 bits per heavy atom. The molecule has 1 N–H and O–H groups in total. The van der Waals surface area contributed by atoms with E-state index >= 15 is 0 Å². The van der Waals surface area contributed by atoms with Gasteiger partial charge < -0.3 is 10.0 Å². The summed E-state index contributed by atoms with van der Waals surface area (Å²) in [5.74, 6) is 0. The molecule has 1 aliphatic rings. The maximum atomic E-state index is 10.1. The van der Waals surface area contributed by atoms with Gasteiger partial charge in [0.15, 0.2) is 0 Å². The van der Waals surface area contributed by atoms with E-state index in [0.717, 1.165) is 31.5 Å². The van der Waals surface area contributed by atoms with Crippen LogP contribution in [0.1, 0.15) is 44.3 Å². The van der Waals surface area contributed by atoms with Gasteiger partial charge in [-0.05, 0) is 25.3 Å². The van der Waals surface area contributed by atoms with Crippen molar-refractivity contribution in [3.8, 4) is 0 Å². The topological polar surface area (TPSA) is 23.5 Å². The van der Waals surface area contributed by atoms with Gasteiger partial charge in [-0.2, -0.15) is 0 Å². The molecule has 88 valence electrons. The second-order valence-electron chi connectivity index (χ2n) is 4.56. The normalized spacial score (nSPS) is 20.4. The molecule has 2 rings (SSSR count). The van der Waals surface area contributed by atoms with E-state index < -0.39 is 0 Å². The van der Waals surface area contributed by atoms with Crippen molar-refractivity contribution in [2.45, 2.75) is 38.7 Å². The van der Waals surface area contributed by atoms with E-state index in [1.165, 1.54) is 18.5 Å². The zero-order chi connectivity index (χ0) is 11.4. The van der Waals surface area contributed by atoms with Gasteiger partial charge in [0.05, 0.1) is 6.10 Å². The summed E-state index contributed by atoms with van der Waals surface area (Å²) >= 11 is 0. The number of aliphatic hydroxyl groups is 1. The number of nitrogens with zero attached hydrogens (tertiary/aromatic N) is 1. The molecule has 0 fully saturated rings. The van der Waals surface area contributed by atoms with Crippen molar-refractivity contribution in [3.05, 3.63) is 29.8 Å². The summed E-state index contributed by atoms with van der Waals surface area (Å²) in [6.45, 7) is 4.41. The third-order valence-electron chi connectivity index (χ3n) is 3.32. The average Bonchev–Trinajstić information content (AvgIpc) is 2.47. The van der Waals surface area contributed by atoms with E-state index in [1.807, 2.05) is 6.07 Å². The Labute approximate surface area is 97.9 Å². The standard InChI is InChI=1S/C14H21NO/c1-2-3-10-15-11-6-9-14(16)12-7-4-5-8-13(12)15/h4-5,7-8,14,16H,2-3,6,9-11H2,1H3. The van der Waals surface area contributed by atoms with Crippen molar-refractivity contribution in [2.75, 3.05) is 18.0 Å². The summed E-state index contributed by atoms with van der Waals surface area (Å²) in [7, 11) is 0. The summed E-state index contributed by atoms with van der Waals surface area (Å²) in [6.07, 6.45) is 4.15. The Morgan fingerprint density at radius 1 is 1.38 bits per heavy atom. The van der Waals surface area contributed by atoms with Gasteiger partial charge in [-0.1, -0.05) is 31.5 Å². The lowest BCUT2D eigenvalue weighted by molar-refractivity contribution is 0.168. The number of aliphatic hydroxyl groups excluding tert-OH is 1. The SMILES string of the molecule is CCCCN1CCCC(O)c2ccccc21. The Kier molecular flexibility index (Phi) is 3.83. The summed E-state index contributed by atoms with van der Waals surface area (Å²) in [5, 5.41) is 10.1. The van der Waals surface area contributed by atoms with Crippen LogP contribution in [0.4, 0.5) is 5.69 Å². The molecule has 16 heavy (non-hydrogen) atoms. The molecule has 0 saturated heterocycles. The number of unbranched alkanes of at least 4 members (excludes halogenated alkanes) is 1. The molecular formula is C14H21NO. The molecule has 2 heteroatoms. The van der Waals surface area contributed by atoms with Crippen molar-refractivity contribution < 1.29 is 5.11 Å².